The second-order valence-electron chi connectivity index (χ2n) is 8.95. The molecule has 0 bridgehead atoms. The van der Waals surface area contributed by atoms with E-state index in [0.29, 0.717) is 23.9 Å². The quantitative estimate of drug-likeness (QED) is 0.537. The fraction of sp³-hybridized carbons (Fsp3) is 0.524. The zero-order valence-electron chi connectivity index (χ0n) is 16.8. The van der Waals surface area contributed by atoms with Gasteiger partial charge in [-0.25, -0.2) is 8.42 Å². The van der Waals surface area contributed by atoms with Crippen LogP contribution in [-0.4, -0.2) is 33.9 Å². The van der Waals surface area contributed by atoms with Gasteiger partial charge in [-0.2, -0.15) is 4.31 Å². The first-order valence-electron chi connectivity index (χ1n) is 9.48. The predicted octanol–water partition coefficient (Wildman–Crippen LogP) is 4.78. The van der Waals surface area contributed by atoms with Gasteiger partial charge in [0.2, 0.25) is 10.0 Å². The van der Waals surface area contributed by atoms with Crippen molar-refractivity contribution in [2.45, 2.75) is 51.7 Å². The van der Waals surface area contributed by atoms with E-state index < -0.39 is 18.1 Å². The Morgan fingerprint density at radius 1 is 1.27 bits per heavy atom. The van der Waals surface area contributed by atoms with Gasteiger partial charge in [0, 0.05) is 24.4 Å². The highest BCUT2D eigenvalue weighted by Gasteiger charge is 2.65. The number of nitrogens with zero attached hydrogens (tertiary/aromatic N) is 1. The van der Waals surface area contributed by atoms with Crippen molar-refractivity contribution in [3.63, 3.8) is 0 Å². The molecule has 0 N–H and O–H groups in total. The minimum absolute atomic E-state index is 0.0574. The normalized spacial score (nSPS) is 28.5. The molecule has 3 nitrogen and oxygen atoms in total. The van der Waals surface area contributed by atoms with Crippen molar-refractivity contribution >= 4 is 18.1 Å². The lowest BCUT2D eigenvalue weighted by Gasteiger charge is -2.21. The molecule has 1 saturated heterocycles. The third-order valence-electron chi connectivity index (χ3n) is 5.74. The average Bonchev–Trinajstić information content (AvgIpc) is 3.00. The lowest BCUT2D eigenvalue weighted by Crippen LogP contribution is -2.32. The zero-order chi connectivity index (χ0) is 19.3. The van der Waals surface area contributed by atoms with E-state index in [4.69, 9.17) is 0 Å². The van der Waals surface area contributed by atoms with Crippen LogP contribution in [0, 0.1) is 18.3 Å². The Kier molecular flexibility index (Phi) is 4.87. The summed E-state index contributed by atoms with van der Waals surface area (Å²) in [4.78, 5) is 0.409. The molecule has 0 amide bonds. The molecule has 3 rings (SSSR count). The van der Waals surface area contributed by atoms with Gasteiger partial charge >= 0.3 is 0 Å². The highest BCUT2D eigenvalue weighted by atomic mass is 32.2. The number of piperidine rings is 1. The van der Waals surface area contributed by atoms with Crippen LogP contribution in [0.1, 0.15) is 25.8 Å². The summed E-state index contributed by atoms with van der Waals surface area (Å²) >= 11 is 0. The van der Waals surface area contributed by atoms with E-state index in [1.165, 1.54) is 11.1 Å². The molecule has 2 unspecified atom stereocenters. The van der Waals surface area contributed by atoms with Gasteiger partial charge in [-0.15, -0.1) is 0 Å². The fourth-order valence-electron chi connectivity index (χ4n) is 4.06. The molecule has 142 valence electrons. The van der Waals surface area contributed by atoms with Crippen molar-refractivity contribution in [1.29, 1.82) is 0 Å². The van der Waals surface area contributed by atoms with Crippen LogP contribution < -0.4 is 0 Å². The highest BCUT2D eigenvalue weighted by molar-refractivity contribution is 7.89. The topological polar surface area (TPSA) is 37.4 Å². The molecule has 0 spiro atoms. The van der Waals surface area contributed by atoms with Crippen LogP contribution >= 0.6 is 0 Å². The van der Waals surface area contributed by atoms with E-state index in [-0.39, 0.29) is 5.41 Å². The Balaban J connectivity index is 1.92. The van der Waals surface area contributed by atoms with Gasteiger partial charge in [-0.3, -0.25) is 0 Å². The summed E-state index contributed by atoms with van der Waals surface area (Å²) in [5.74, 6) is 0.357. The molecule has 5 heteroatoms. The second-order valence-corrected chi connectivity index (χ2v) is 16.0. The van der Waals surface area contributed by atoms with Crippen molar-refractivity contribution in [2.75, 3.05) is 13.1 Å². The van der Waals surface area contributed by atoms with Gasteiger partial charge in [0.05, 0.1) is 13.0 Å². The number of allylic oxidation sites excluding steroid dienone is 1. The molecule has 2 fully saturated rings. The summed E-state index contributed by atoms with van der Waals surface area (Å²) in [5.41, 5.74) is 6.33. The summed E-state index contributed by atoms with van der Waals surface area (Å²) in [5, 5.41) is 0. The number of hydrogen-bond donors (Lipinski definition) is 0. The van der Waals surface area contributed by atoms with Gasteiger partial charge in [0.1, 0.15) is 0 Å². The van der Waals surface area contributed by atoms with E-state index in [2.05, 4.69) is 45.3 Å². The van der Waals surface area contributed by atoms with Gasteiger partial charge in [0.15, 0.2) is 0 Å². The van der Waals surface area contributed by atoms with Crippen molar-refractivity contribution in [2.24, 2.45) is 11.3 Å². The summed E-state index contributed by atoms with van der Waals surface area (Å²) in [6.07, 6.45) is 3.39. The number of hydrogen-bond acceptors (Lipinski definition) is 2. The monoisotopic (exact) mass is 389 g/mol. The van der Waals surface area contributed by atoms with E-state index >= 15 is 0 Å². The first kappa shape index (κ1) is 19.6. The van der Waals surface area contributed by atoms with Crippen LogP contribution in [0.15, 0.2) is 52.1 Å². The summed E-state index contributed by atoms with van der Waals surface area (Å²) in [6.45, 7) is 14.5. The third kappa shape index (κ3) is 3.37. The van der Waals surface area contributed by atoms with E-state index in [1.807, 2.05) is 19.1 Å². The lowest BCUT2D eigenvalue weighted by atomic mass is 10.0. The average molecular weight is 390 g/mol. The Morgan fingerprint density at radius 2 is 1.88 bits per heavy atom. The summed E-state index contributed by atoms with van der Waals surface area (Å²) < 4.78 is 27.9. The molecule has 0 radical (unpaired) electrons. The molecule has 1 aliphatic carbocycles. The number of sulfonamides is 1. The Labute approximate surface area is 159 Å². The van der Waals surface area contributed by atoms with Gasteiger partial charge in [-0.1, -0.05) is 67.2 Å². The molecular formula is C21H31NO2SSi. The van der Waals surface area contributed by atoms with Crippen LogP contribution in [-0.2, 0) is 10.0 Å². The molecule has 1 saturated carbocycles. The van der Waals surface area contributed by atoms with Crippen LogP contribution in [0.3, 0.4) is 0 Å². The lowest BCUT2D eigenvalue weighted by molar-refractivity contribution is 0.443. The SMILES string of the molecule is CC/C(C)=C1\C2CN(S(=O)(=O)c3ccc(C)cc3)CC12/C=C\[Si](C)(C)C. The van der Waals surface area contributed by atoms with Crippen molar-refractivity contribution in [3.8, 4) is 0 Å². The molecule has 2 atom stereocenters. The molecule has 1 aromatic carbocycles. The Morgan fingerprint density at radius 3 is 2.42 bits per heavy atom. The number of aryl methyl sites for hydroxylation is 1. The fourth-order valence-corrected chi connectivity index (χ4v) is 6.36. The minimum Gasteiger partial charge on any atom is -0.207 e. The van der Waals surface area contributed by atoms with Crippen LogP contribution in [0.2, 0.25) is 19.6 Å². The standard InChI is InChI=1S/C21H31NO2SSi/c1-7-17(3)20-19-14-22(15-21(19,20)12-13-26(4,5)6)25(23,24)18-10-8-16(2)9-11-18/h8-13,19H,7,14-15H2,1-6H3/b13-12-,20-17+. The second kappa shape index (κ2) is 6.46. The van der Waals surface area contributed by atoms with Crippen molar-refractivity contribution in [3.05, 3.63) is 52.8 Å². The van der Waals surface area contributed by atoms with Crippen molar-refractivity contribution in [1.82, 2.24) is 4.31 Å². The number of fused-ring (bicyclic) bond motifs is 1. The molecule has 1 aromatic rings. The molecule has 2 aliphatic rings. The highest BCUT2D eigenvalue weighted by Crippen LogP contribution is 2.66. The van der Waals surface area contributed by atoms with Crippen LogP contribution in [0.25, 0.3) is 0 Å². The number of benzene rings is 1. The third-order valence-corrected chi connectivity index (χ3v) is 8.73. The maximum Gasteiger partial charge on any atom is 0.243 e. The first-order chi connectivity index (χ1) is 12.0. The smallest absolute Gasteiger partial charge is 0.207 e. The Hall–Kier alpha value is -1.17. The van der Waals surface area contributed by atoms with Crippen molar-refractivity contribution < 1.29 is 8.42 Å². The first-order valence-corrected chi connectivity index (χ1v) is 14.5. The molecule has 26 heavy (non-hydrogen) atoms. The molecule has 1 heterocycles. The summed E-state index contributed by atoms with van der Waals surface area (Å²) in [7, 11) is -4.75. The van der Waals surface area contributed by atoms with Gasteiger partial charge < -0.3 is 0 Å². The van der Waals surface area contributed by atoms with Crippen LogP contribution in [0.4, 0.5) is 0 Å². The minimum atomic E-state index is -3.42. The predicted molar refractivity (Wildman–Crippen MR) is 111 cm³/mol. The maximum absolute atomic E-state index is 13.1. The summed E-state index contributed by atoms with van der Waals surface area (Å²) in [6, 6.07) is 7.20. The molecule has 1 aliphatic heterocycles. The Bertz CT molecular complexity index is 862. The van der Waals surface area contributed by atoms with Crippen LogP contribution in [0.5, 0.6) is 0 Å². The zero-order valence-corrected chi connectivity index (χ0v) is 18.7. The largest absolute Gasteiger partial charge is 0.243 e. The van der Waals surface area contributed by atoms with E-state index in [9.17, 15) is 8.42 Å². The van der Waals surface area contributed by atoms with E-state index in [1.54, 1.807) is 16.4 Å². The maximum atomic E-state index is 13.1. The van der Waals surface area contributed by atoms with E-state index in [0.717, 1.165) is 12.0 Å². The van der Waals surface area contributed by atoms with Gasteiger partial charge in [-0.05, 0) is 32.4 Å². The van der Waals surface area contributed by atoms with Gasteiger partial charge in [0.25, 0.3) is 0 Å². The number of rotatable bonds is 5. The molecular weight excluding hydrogens is 358 g/mol. The molecule has 0 aromatic heterocycles.